The van der Waals surface area contributed by atoms with Gasteiger partial charge in [0, 0.05) is 16.7 Å². The van der Waals surface area contributed by atoms with Crippen molar-refractivity contribution < 1.29 is 24.4 Å². The van der Waals surface area contributed by atoms with Crippen molar-refractivity contribution in [3.63, 3.8) is 0 Å². The number of hydrogen-bond acceptors (Lipinski definition) is 7. The summed E-state index contributed by atoms with van der Waals surface area (Å²) in [5, 5.41) is 21.0. The normalized spacial score (nSPS) is 15.3. The summed E-state index contributed by atoms with van der Waals surface area (Å²) in [4.78, 5) is 35.8. The zero-order chi connectivity index (χ0) is 20.3. The summed E-state index contributed by atoms with van der Waals surface area (Å²) in [6.07, 6.45) is 1.26. The van der Waals surface area contributed by atoms with Crippen LogP contribution in [0.4, 0.5) is 10.5 Å². The number of phenolic OH excluding ortho intramolecular Hbond substituents is 1. The van der Waals surface area contributed by atoms with Crippen molar-refractivity contribution >= 4 is 46.3 Å². The molecule has 8 nitrogen and oxygen atoms in total. The Labute approximate surface area is 168 Å². The Morgan fingerprint density at radius 2 is 1.93 bits per heavy atom. The molecule has 2 aromatic rings. The maximum absolute atomic E-state index is 12.5. The molecular weight excluding hydrogens is 408 g/mol. The number of thioether (sulfide) groups is 1. The summed E-state index contributed by atoms with van der Waals surface area (Å²) in [7, 11) is 0. The van der Waals surface area contributed by atoms with Crippen molar-refractivity contribution in [1.82, 2.24) is 4.90 Å². The number of carbonyl (C=O) groups is 2. The Morgan fingerprint density at radius 1 is 1.21 bits per heavy atom. The average Bonchev–Trinajstić information content (AvgIpc) is 2.92. The van der Waals surface area contributed by atoms with E-state index in [2.05, 4.69) is 0 Å². The third kappa shape index (κ3) is 4.26. The summed E-state index contributed by atoms with van der Waals surface area (Å²) >= 11 is 6.48. The Morgan fingerprint density at radius 3 is 2.61 bits per heavy atom. The molecule has 0 aliphatic carbocycles. The van der Waals surface area contributed by atoms with E-state index in [0.29, 0.717) is 22.5 Å². The van der Waals surface area contributed by atoms with Crippen molar-refractivity contribution in [3.05, 3.63) is 68.1 Å². The summed E-state index contributed by atoms with van der Waals surface area (Å²) in [5.74, 6) is -0.570. The molecule has 28 heavy (non-hydrogen) atoms. The first-order valence-corrected chi connectivity index (χ1v) is 9.16. The SMILES string of the molecule is O=C1S/C(=C\c2cccc([N+](=O)[O-])c2O)C(=O)N1CCOc1ccc(Cl)cc1. The van der Waals surface area contributed by atoms with Crippen molar-refractivity contribution in [3.8, 4) is 11.5 Å². The summed E-state index contributed by atoms with van der Waals surface area (Å²) in [6.45, 7) is 0.126. The highest BCUT2D eigenvalue weighted by molar-refractivity contribution is 8.18. The molecule has 0 radical (unpaired) electrons. The molecule has 1 aliphatic rings. The molecule has 0 spiro atoms. The van der Waals surface area contributed by atoms with E-state index in [-0.39, 0.29) is 23.6 Å². The lowest BCUT2D eigenvalue weighted by Gasteiger charge is -2.13. The van der Waals surface area contributed by atoms with Gasteiger partial charge in [0.1, 0.15) is 12.4 Å². The molecule has 144 valence electrons. The van der Waals surface area contributed by atoms with Crippen molar-refractivity contribution in [2.75, 3.05) is 13.2 Å². The number of benzene rings is 2. The molecule has 0 aromatic heterocycles. The van der Waals surface area contributed by atoms with E-state index in [1.54, 1.807) is 24.3 Å². The van der Waals surface area contributed by atoms with Crippen LogP contribution in [0.1, 0.15) is 5.56 Å². The minimum Gasteiger partial charge on any atom is -0.502 e. The van der Waals surface area contributed by atoms with Crippen LogP contribution in [0.15, 0.2) is 47.4 Å². The molecule has 0 unspecified atom stereocenters. The van der Waals surface area contributed by atoms with E-state index in [0.717, 1.165) is 11.0 Å². The van der Waals surface area contributed by atoms with Crippen LogP contribution in [0.2, 0.25) is 5.02 Å². The van der Waals surface area contributed by atoms with Gasteiger partial charge in [0.05, 0.1) is 16.4 Å². The fourth-order valence-corrected chi connectivity index (χ4v) is 3.41. The second kappa shape index (κ2) is 8.32. The number of imide groups is 1. The third-order valence-electron chi connectivity index (χ3n) is 3.80. The lowest BCUT2D eigenvalue weighted by Crippen LogP contribution is -2.32. The first kappa shape index (κ1) is 19.7. The number of nitro benzene ring substituents is 1. The van der Waals surface area contributed by atoms with Gasteiger partial charge in [-0.15, -0.1) is 0 Å². The number of halogens is 1. The second-order valence-electron chi connectivity index (χ2n) is 5.61. The number of nitrogens with zero attached hydrogens (tertiary/aromatic N) is 2. The Bertz CT molecular complexity index is 977. The van der Waals surface area contributed by atoms with Crippen molar-refractivity contribution in [1.29, 1.82) is 0 Å². The quantitative estimate of drug-likeness (QED) is 0.426. The number of aromatic hydroxyl groups is 1. The number of nitro groups is 1. The monoisotopic (exact) mass is 420 g/mol. The Hall–Kier alpha value is -3.04. The molecule has 1 saturated heterocycles. The number of amides is 2. The standard InChI is InChI=1S/C18H13ClN2O6S/c19-12-4-6-13(7-5-12)27-9-8-20-17(23)15(28-18(20)24)10-11-2-1-3-14(16(11)22)21(25)26/h1-7,10,22H,8-9H2/b15-10-. The molecule has 0 bridgehead atoms. The number of rotatable bonds is 6. The van der Waals surface area contributed by atoms with Crippen LogP contribution in [-0.4, -0.2) is 39.2 Å². The smallest absolute Gasteiger partial charge is 0.311 e. The van der Waals surface area contributed by atoms with Gasteiger partial charge in [0.2, 0.25) is 5.75 Å². The van der Waals surface area contributed by atoms with Crippen LogP contribution >= 0.6 is 23.4 Å². The molecule has 2 aromatic carbocycles. The molecule has 0 saturated carbocycles. The van der Waals surface area contributed by atoms with Gasteiger partial charge in [0.15, 0.2) is 0 Å². The maximum atomic E-state index is 12.5. The number of para-hydroxylation sites is 1. The van der Waals surface area contributed by atoms with E-state index < -0.39 is 27.5 Å². The minimum atomic E-state index is -0.730. The second-order valence-corrected chi connectivity index (χ2v) is 7.04. The highest BCUT2D eigenvalue weighted by Gasteiger charge is 2.35. The molecule has 1 aliphatic heterocycles. The van der Waals surface area contributed by atoms with E-state index in [1.165, 1.54) is 18.2 Å². The predicted molar refractivity (Wildman–Crippen MR) is 104 cm³/mol. The van der Waals surface area contributed by atoms with Gasteiger partial charge in [-0.05, 0) is 42.1 Å². The summed E-state index contributed by atoms with van der Waals surface area (Å²) in [6, 6.07) is 10.6. The van der Waals surface area contributed by atoms with Gasteiger partial charge in [-0.2, -0.15) is 0 Å². The predicted octanol–water partition coefficient (Wildman–Crippen LogP) is 4.07. The number of carbonyl (C=O) groups excluding carboxylic acids is 2. The van der Waals surface area contributed by atoms with E-state index in [4.69, 9.17) is 16.3 Å². The molecule has 3 rings (SSSR count). The van der Waals surface area contributed by atoms with E-state index in [1.807, 2.05) is 0 Å². The van der Waals surface area contributed by atoms with Crippen LogP contribution in [0.25, 0.3) is 6.08 Å². The van der Waals surface area contributed by atoms with Crippen LogP contribution in [-0.2, 0) is 4.79 Å². The lowest BCUT2D eigenvalue weighted by atomic mass is 10.1. The molecular formula is C18H13ClN2O6S. The zero-order valence-corrected chi connectivity index (χ0v) is 15.8. The summed E-state index contributed by atoms with van der Waals surface area (Å²) in [5.41, 5.74) is -0.401. The molecule has 2 amide bonds. The van der Waals surface area contributed by atoms with Gasteiger partial charge in [-0.25, -0.2) is 0 Å². The fourth-order valence-electron chi connectivity index (χ4n) is 2.43. The van der Waals surface area contributed by atoms with E-state index >= 15 is 0 Å². The largest absolute Gasteiger partial charge is 0.502 e. The zero-order valence-electron chi connectivity index (χ0n) is 14.2. The Kier molecular flexibility index (Phi) is 5.86. The van der Waals surface area contributed by atoms with Gasteiger partial charge in [0.25, 0.3) is 11.1 Å². The van der Waals surface area contributed by atoms with Crippen LogP contribution in [0.5, 0.6) is 11.5 Å². The van der Waals surface area contributed by atoms with Crippen LogP contribution < -0.4 is 4.74 Å². The van der Waals surface area contributed by atoms with Crippen LogP contribution in [0, 0.1) is 10.1 Å². The molecule has 10 heteroatoms. The van der Waals surface area contributed by atoms with Crippen molar-refractivity contribution in [2.45, 2.75) is 0 Å². The molecule has 1 fully saturated rings. The molecule has 1 N–H and O–H groups in total. The van der Waals surface area contributed by atoms with Gasteiger partial charge < -0.3 is 9.84 Å². The van der Waals surface area contributed by atoms with Gasteiger partial charge in [-0.3, -0.25) is 24.6 Å². The topological polar surface area (TPSA) is 110 Å². The van der Waals surface area contributed by atoms with Gasteiger partial charge in [-0.1, -0.05) is 23.7 Å². The molecule has 1 heterocycles. The molecule has 0 atom stereocenters. The number of hydrogen-bond donors (Lipinski definition) is 1. The highest BCUT2D eigenvalue weighted by Crippen LogP contribution is 2.36. The number of ether oxygens (including phenoxy) is 1. The third-order valence-corrected chi connectivity index (χ3v) is 4.96. The fraction of sp³-hybridized carbons (Fsp3) is 0.111. The highest BCUT2D eigenvalue weighted by atomic mass is 35.5. The number of phenols is 1. The van der Waals surface area contributed by atoms with Crippen molar-refractivity contribution in [2.24, 2.45) is 0 Å². The first-order valence-electron chi connectivity index (χ1n) is 7.97. The first-order chi connectivity index (χ1) is 13.4. The Balaban J connectivity index is 1.69. The van der Waals surface area contributed by atoms with E-state index in [9.17, 15) is 24.8 Å². The lowest BCUT2D eigenvalue weighted by molar-refractivity contribution is -0.385. The summed E-state index contributed by atoms with van der Waals surface area (Å²) < 4.78 is 5.49. The van der Waals surface area contributed by atoms with Crippen LogP contribution in [0.3, 0.4) is 0 Å². The average molecular weight is 421 g/mol. The minimum absolute atomic E-state index is 0.0333. The van der Waals surface area contributed by atoms with Gasteiger partial charge >= 0.3 is 5.69 Å². The maximum Gasteiger partial charge on any atom is 0.311 e.